The highest BCUT2D eigenvalue weighted by atomic mass is 15.3. The summed E-state index contributed by atoms with van der Waals surface area (Å²) in [6.45, 7) is 2.64. The first kappa shape index (κ1) is 17.0. The zero-order valence-electron chi connectivity index (χ0n) is 14.7. The normalized spacial score (nSPS) is 11.6. The van der Waals surface area contributed by atoms with Crippen molar-refractivity contribution < 1.29 is 0 Å². The maximum atomic E-state index is 4.28. The van der Waals surface area contributed by atoms with Crippen molar-refractivity contribution in [2.75, 3.05) is 20.1 Å². The average molecular weight is 335 g/mol. The number of guanidine groups is 1. The predicted molar refractivity (Wildman–Crippen MR) is 104 cm³/mol. The first-order chi connectivity index (χ1) is 12.3. The quantitative estimate of drug-likeness (QED) is 0.397. The highest BCUT2D eigenvalue weighted by Gasteiger charge is 2.00. The molecule has 2 aromatic carbocycles. The van der Waals surface area contributed by atoms with E-state index in [0.29, 0.717) is 0 Å². The summed E-state index contributed by atoms with van der Waals surface area (Å²) in [5.74, 6) is 0.848. The molecule has 5 heteroatoms. The molecule has 1 aromatic heterocycles. The first-order valence-electron chi connectivity index (χ1n) is 8.75. The van der Waals surface area contributed by atoms with E-state index in [1.165, 1.54) is 16.3 Å². The summed E-state index contributed by atoms with van der Waals surface area (Å²) in [5.41, 5.74) is 1.33. The summed E-state index contributed by atoms with van der Waals surface area (Å²) in [5, 5.41) is 13.5. The lowest BCUT2D eigenvalue weighted by Gasteiger charge is -2.12. The van der Waals surface area contributed by atoms with E-state index in [9.17, 15) is 0 Å². The fourth-order valence-electron chi connectivity index (χ4n) is 2.82. The summed E-state index contributed by atoms with van der Waals surface area (Å²) >= 11 is 0. The predicted octanol–water partition coefficient (Wildman–Crippen LogP) is 2.83. The van der Waals surface area contributed by atoms with Crippen LogP contribution in [-0.2, 0) is 13.0 Å². The Morgan fingerprint density at radius 3 is 2.68 bits per heavy atom. The molecule has 5 nitrogen and oxygen atoms in total. The van der Waals surface area contributed by atoms with Gasteiger partial charge in [0, 0.05) is 39.1 Å². The fourth-order valence-corrected chi connectivity index (χ4v) is 2.82. The molecule has 0 aliphatic heterocycles. The van der Waals surface area contributed by atoms with Crippen LogP contribution in [0.15, 0.2) is 65.9 Å². The molecule has 0 spiro atoms. The number of benzene rings is 2. The van der Waals surface area contributed by atoms with Crippen molar-refractivity contribution in [2.24, 2.45) is 4.99 Å². The van der Waals surface area contributed by atoms with E-state index < -0.39 is 0 Å². The highest BCUT2D eigenvalue weighted by Crippen LogP contribution is 2.15. The summed E-state index contributed by atoms with van der Waals surface area (Å²) in [6.07, 6.45) is 5.77. The second-order valence-electron chi connectivity index (χ2n) is 5.98. The number of hydrogen-bond donors (Lipinski definition) is 2. The molecule has 25 heavy (non-hydrogen) atoms. The largest absolute Gasteiger partial charge is 0.356 e. The van der Waals surface area contributed by atoms with Gasteiger partial charge in [-0.15, -0.1) is 0 Å². The van der Waals surface area contributed by atoms with Gasteiger partial charge in [-0.25, -0.2) is 0 Å². The van der Waals surface area contributed by atoms with Crippen LogP contribution in [0.1, 0.15) is 12.0 Å². The Kier molecular flexibility index (Phi) is 6.04. The Morgan fingerprint density at radius 1 is 1.04 bits per heavy atom. The number of aryl methyl sites for hydroxylation is 1. The van der Waals surface area contributed by atoms with Crippen molar-refractivity contribution >= 4 is 16.7 Å². The molecular weight excluding hydrogens is 310 g/mol. The number of aliphatic imine (C=N–C) groups is 1. The fraction of sp³-hybridized carbons (Fsp3) is 0.300. The van der Waals surface area contributed by atoms with Crippen LogP contribution < -0.4 is 10.6 Å². The van der Waals surface area contributed by atoms with Crippen LogP contribution in [0.3, 0.4) is 0 Å². The lowest BCUT2D eigenvalue weighted by molar-refractivity contribution is 0.570. The zero-order chi connectivity index (χ0) is 17.3. The molecule has 0 saturated carbocycles. The van der Waals surface area contributed by atoms with E-state index in [0.717, 1.165) is 38.4 Å². The first-order valence-corrected chi connectivity index (χ1v) is 8.75. The van der Waals surface area contributed by atoms with Crippen LogP contribution in [0.25, 0.3) is 10.8 Å². The second-order valence-corrected chi connectivity index (χ2v) is 5.98. The van der Waals surface area contributed by atoms with Crippen molar-refractivity contribution in [3.8, 4) is 0 Å². The third-order valence-corrected chi connectivity index (χ3v) is 4.16. The minimum Gasteiger partial charge on any atom is -0.356 e. The zero-order valence-corrected chi connectivity index (χ0v) is 14.7. The Labute approximate surface area is 148 Å². The summed E-state index contributed by atoms with van der Waals surface area (Å²) < 4.78 is 1.94. The SMILES string of the molecule is CN=C(NCCCn1cccn1)NCCc1ccc2ccccc2c1. The van der Waals surface area contributed by atoms with Gasteiger partial charge in [-0.1, -0.05) is 42.5 Å². The molecule has 0 aliphatic rings. The van der Waals surface area contributed by atoms with Gasteiger partial charge in [0.2, 0.25) is 0 Å². The molecule has 3 rings (SSSR count). The molecule has 2 N–H and O–H groups in total. The highest BCUT2D eigenvalue weighted by molar-refractivity contribution is 5.83. The molecule has 0 saturated heterocycles. The Bertz CT molecular complexity index is 808. The summed E-state index contributed by atoms with van der Waals surface area (Å²) in [4.78, 5) is 4.28. The van der Waals surface area contributed by atoms with Gasteiger partial charge in [-0.2, -0.15) is 5.10 Å². The van der Waals surface area contributed by atoms with Gasteiger partial charge in [-0.05, 0) is 35.2 Å². The molecule has 3 aromatic rings. The number of hydrogen-bond acceptors (Lipinski definition) is 2. The van der Waals surface area contributed by atoms with Crippen molar-refractivity contribution in [2.45, 2.75) is 19.4 Å². The molecule has 0 radical (unpaired) electrons. The Morgan fingerprint density at radius 2 is 1.88 bits per heavy atom. The molecule has 0 fully saturated rings. The molecular formula is C20H25N5. The number of fused-ring (bicyclic) bond motifs is 1. The smallest absolute Gasteiger partial charge is 0.190 e. The van der Waals surface area contributed by atoms with E-state index in [1.807, 2.05) is 16.9 Å². The molecule has 0 amide bonds. The summed E-state index contributed by atoms with van der Waals surface area (Å²) in [7, 11) is 1.80. The topological polar surface area (TPSA) is 54.2 Å². The molecule has 0 bridgehead atoms. The van der Waals surface area contributed by atoms with Crippen LogP contribution >= 0.6 is 0 Å². The van der Waals surface area contributed by atoms with Crippen molar-refractivity contribution in [3.05, 3.63) is 66.5 Å². The third kappa shape index (κ3) is 5.08. The van der Waals surface area contributed by atoms with Gasteiger partial charge in [-0.3, -0.25) is 9.67 Å². The van der Waals surface area contributed by atoms with Gasteiger partial charge in [0.05, 0.1) is 0 Å². The van der Waals surface area contributed by atoms with Crippen LogP contribution in [0.2, 0.25) is 0 Å². The van der Waals surface area contributed by atoms with Crippen LogP contribution in [0, 0.1) is 0 Å². The van der Waals surface area contributed by atoms with Crippen LogP contribution in [0.4, 0.5) is 0 Å². The van der Waals surface area contributed by atoms with Crippen LogP contribution in [-0.4, -0.2) is 35.9 Å². The van der Waals surface area contributed by atoms with E-state index in [-0.39, 0.29) is 0 Å². The molecule has 0 atom stereocenters. The van der Waals surface area contributed by atoms with Crippen molar-refractivity contribution in [3.63, 3.8) is 0 Å². The maximum absolute atomic E-state index is 4.28. The minimum atomic E-state index is 0.848. The van der Waals surface area contributed by atoms with Gasteiger partial charge in [0.25, 0.3) is 0 Å². The van der Waals surface area contributed by atoms with Crippen molar-refractivity contribution in [1.29, 1.82) is 0 Å². The molecule has 0 aliphatic carbocycles. The van der Waals surface area contributed by atoms with E-state index in [4.69, 9.17) is 0 Å². The number of nitrogens with zero attached hydrogens (tertiary/aromatic N) is 3. The maximum Gasteiger partial charge on any atom is 0.190 e. The minimum absolute atomic E-state index is 0.848. The molecule has 130 valence electrons. The monoisotopic (exact) mass is 335 g/mol. The Hall–Kier alpha value is -2.82. The standard InChI is InChI=1S/C20H25N5/c1-21-20(22-11-4-14-25-15-5-12-24-25)23-13-10-17-8-9-18-6-2-3-7-19(18)16-17/h2-3,5-9,12,15-16H,4,10-11,13-14H2,1H3,(H2,21,22,23). The summed E-state index contributed by atoms with van der Waals surface area (Å²) in [6, 6.07) is 17.1. The van der Waals surface area contributed by atoms with Gasteiger partial charge in [0.1, 0.15) is 0 Å². The lowest BCUT2D eigenvalue weighted by atomic mass is 10.1. The lowest BCUT2D eigenvalue weighted by Crippen LogP contribution is -2.39. The second kappa shape index (κ2) is 8.87. The Balaban J connectivity index is 1.40. The van der Waals surface area contributed by atoms with Gasteiger partial charge < -0.3 is 10.6 Å². The number of nitrogens with one attached hydrogen (secondary N) is 2. The molecule has 1 heterocycles. The van der Waals surface area contributed by atoms with Gasteiger partial charge >= 0.3 is 0 Å². The van der Waals surface area contributed by atoms with E-state index >= 15 is 0 Å². The van der Waals surface area contributed by atoms with Gasteiger partial charge in [0.15, 0.2) is 5.96 Å². The third-order valence-electron chi connectivity index (χ3n) is 4.16. The average Bonchev–Trinajstić information content (AvgIpc) is 3.17. The van der Waals surface area contributed by atoms with E-state index in [1.54, 1.807) is 13.2 Å². The van der Waals surface area contributed by atoms with Crippen molar-refractivity contribution in [1.82, 2.24) is 20.4 Å². The number of rotatable bonds is 7. The number of aromatic nitrogens is 2. The van der Waals surface area contributed by atoms with E-state index in [2.05, 4.69) is 63.2 Å². The molecule has 0 unspecified atom stereocenters. The van der Waals surface area contributed by atoms with Crippen LogP contribution in [0.5, 0.6) is 0 Å².